The van der Waals surface area contributed by atoms with Gasteiger partial charge in [0.25, 0.3) is 0 Å². The number of aryl methyl sites for hydroxylation is 2. The maximum atomic E-state index is 9.77. The van der Waals surface area contributed by atoms with E-state index in [1.807, 2.05) is 33.0 Å². The van der Waals surface area contributed by atoms with Gasteiger partial charge in [-0.2, -0.15) is 5.10 Å². The molecule has 0 saturated carbocycles. The lowest BCUT2D eigenvalue weighted by atomic mass is 10.3. The lowest BCUT2D eigenvalue weighted by Crippen LogP contribution is -2.31. The van der Waals surface area contributed by atoms with Crippen molar-refractivity contribution in [2.75, 3.05) is 32.5 Å². The summed E-state index contributed by atoms with van der Waals surface area (Å²) in [5.41, 5.74) is 1.88. The van der Waals surface area contributed by atoms with Crippen molar-refractivity contribution in [1.82, 2.24) is 19.7 Å². The number of aromatic nitrogens is 3. The molecular weight excluding hydrogens is 250 g/mol. The van der Waals surface area contributed by atoms with E-state index in [4.69, 9.17) is 0 Å². The van der Waals surface area contributed by atoms with Crippen LogP contribution >= 0.6 is 11.3 Å². The van der Waals surface area contributed by atoms with E-state index in [1.54, 1.807) is 16.0 Å². The second-order valence-corrected chi connectivity index (χ2v) is 5.68. The summed E-state index contributed by atoms with van der Waals surface area (Å²) >= 11 is 1.58. The monoisotopic (exact) mass is 269 g/mol. The van der Waals surface area contributed by atoms with E-state index < -0.39 is 6.10 Å². The van der Waals surface area contributed by atoms with Crippen molar-refractivity contribution in [3.05, 3.63) is 5.69 Å². The minimum absolute atomic E-state index is 0.397. The number of nitrogens with one attached hydrogen (secondary N) is 1. The Morgan fingerprint density at radius 3 is 2.83 bits per heavy atom. The summed E-state index contributed by atoms with van der Waals surface area (Å²) in [4.78, 5) is 6.42. The maximum Gasteiger partial charge on any atom is 0.185 e. The van der Waals surface area contributed by atoms with Gasteiger partial charge < -0.3 is 15.3 Å². The number of likely N-dealkylation sites (N-methyl/N-ethyl adjacent to an activating group) is 1. The molecule has 2 aromatic rings. The highest BCUT2D eigenvalue weighted by Crippen LogP contribution is 2.27. The van der Waals surface area contributed by atoms with Crippen molar-refractivity contribution in [3.63, 3.8) is 0 Å². The van der Waals surface area contributed by atoms with Crippen molar-refractivity contribution >= 4 is 26.8 Å². The highest BCUT2D eigenvalue weighted by atomic mass is 32.1. The Bertz CT molecular complexity index is 498. The SMILES string of the molecule is Cc1nn(C)c2nc(NC[C@@H](O)CN(C)C)sc12. The van der Waals surface area contributed by atoms with Crippen LogP contribution in [-0.2, 0) is 7.05 Å². The van der Waals surface area contributed by atoms with Gasteiger partial charge in [0.15, 0.2) is 10.8 Å². The third-order valence-corrected chi connectivity index (χ3v) is 3.72. The highest BCUT2D eigenvalue weighted by molar-refractivity contribution is 7.22. The van der Waals surface area contributed by atoms with Crippen LogP contribution in [0.25, 0.3) is 10.3 Å². The van der Waals surface area contributed by atoms with Gasteiger partial charge in [-0.3, -0.25) is 0 Å². The Labute approximate surface area is 110 Å². The highest BCUT2D eigenvalue weighted by Gasteiger charge is 2.12. The molecular formula is C11H19N5OS. The molecule has 0 fully saturated rings. The van der Waals surface area contributed by atoms with Crippen LogP contribution in [0.5, 0.6) is 0 Å². The normalized spacial score (nSPS) is 13.4. The molecule has 6 nitrogen and oxygen atoms in total. The van der Waals surface area contributed by atoms with Gasteiger partial charge in [-0.25, -0.2) is 9.67 Å². The summed E-state index contributed by atoms with van der Waals surface area (Å²) in [6.07, 6.45) is -0.397. The number of rotatable bonds is 5. The van der Waals surface area contributed by atoms with Crippen molar-refractivity contribution in [2.24, 2.45) is 7.05 Å². The lowest BCUT2D eigenvalue weighted by molar-refractivity contribution is 0.148. The smallest absolute Gasteiger partial charge is 0.185 e. The first-order valence-corrected chi connectivity index (χ1v) is 6.66. The number of hydrogen-bond donors (Lipinski definition) is 2. The minimum atomic E-state index is -0.397. The largest absolute Gasteiger partial charge is 0.390 e. The van der Waals surface area contributed by atoms with Crippen molar-refractivity contribution in [2.45, 2.75) is 13.0 Å². The molecule has 18 heavy (non-hydrogen) atoms. The van der Waals surface area contributed by atoms with Crippen LogP contribution in [0.4, 0.5) is 5.13 Å². The zero-order chi connectivity index (χ0) is 13.3. The third-order valence-electron chi connectivity index (χ3n) is 2.61. The molecule has 0 saturated heterocycles. The summed E-state index contributed by atoms with van der Waals surface area (Å²) in [6.45, 7) is 3.12. The predicted octanol–water partition coefficient (Wildman–Crippen LogP) is 0.673. The molecule has 2 N–H and O–H groups in total. The second-order valence-electron chi connectivity index (χ2n) is 4.68. The third kappa shape index (κ3) is 2.80. The van der Waals surface area contributed by atoms with E-state index in [2.05, 4.69) is 15.4 Å². The number of aliphatic hydroxyl groups is 1. The molecule has 2 rings (SSSR count). The summed E-state index contributed by atoms with van der Waals surface area (Å²) in [5.74, 6) is 0. The van der Waals surface area contributed by atoms with E-state index in [-0.39, 0.29) is 0 Å². The molecule has 1 atom stereocenters. The van der Waals surface area contributed by atoms with Gasteiger partial charge in [0.05, 0.1) is 16.5 Å². The fraction of sp³-hybridized carbons (Fsp3) is 0.636. The molecule has 0 unspecified atom stereocenters. The van der Waals surface area contributed by atoms with Crippen molar-refractivity contribution < 1.29 is 5.11 Å². The fourth-order valence-corrected chi connectivity index (χ4v) is 2.79. The average Bonchev–Trinajstić information content (AvgIpc) is 2.78. The van der Waals surface area contributed by atoms with Gasteiger partial charge in [-0.1, -0.05) is 11.3 Å². The van der Waals surface area contributed by atoms with Crippen LogP contribution in [0.1, 0.15) is 5.69 Å². The van der Waals surface area contributed by atoms with Crippen LogP contribution in [0.3, 0.4) is 0 Å². The number of thiazole rings is 1. The summed E-state index contributed by atoms with van der Waals surface area (Å²) in [7, 11) is 5.77. The molecule has 0 radical (unpaired) electrons. The Morgan fingerprint density at radius 1 is 1.50 bits per heavy atom. The molecule has 7 heteroatoms. The Kier molecular flexibility index (Phi) is 3.84. The molecule has 100 valence electrons. The number of anilines is 1. The number of fused-ring (bicyclic) bond motifs is 1. The molecule has 0 bridgehead atoms. The zero-order valence-electron chi connectivity index (χ0n) is 11.1. The second kappa shape index (κ2) is 5.21. The maximum absolute atomic E-state index is 9.77. The molecule has 0 aliphatic heterocycles. The summed E-state index contributed by atoms with van der Waals surface area (Å²) in [5, 5.41) is 18.1. The Balaban J connectivity index is 2.02. The summed E-state index contributed by atoms with van der Waals surface area (Å²) < 4.78 is 2.88. The zero-order valence-corrected chi connectivity index (χ0v) is 12.0. The first-order valence-electron chi connectivity index (χ1n) is 5.84. The molecule has 0 aromatic carbocycles. The van der Waals surface area contributed by atoms with Gasteiger partial charge in [0.1, 0.15) is 0 Å². The Morgan fingerprint density at radius 2 is 2.22 bits per heavy atom. The van der Waals surface area contributed by atoms with E-state index in [1.165, 1.54) is 0 Å². The van der Waals surface area contributed by atoms with Crippen LogP contribution in [0, 0.1) is 6.92 Å². The van der Waals surface area contributed by atoms with E-state index in [9.17, 15) is 5.11 Å². The van der Waals surface area contributed by atoms with Gasteiger partial charge >= 0.3 is 0 Å². The van der Waals surface area contributed by atoms with Crippen molar-refractivity contribution in [1.29, 1.82) is 0 Å². The van der Waals surface area contributed by atoms with Gasteiger partial charge in [0.2, 0.25) is 0 Å². The number of nitrogens with zero attached hydrogens (tertiary/aromatic N) is 4. The van der Waals surface area contributed by atoms with Crippen molar-refractivity contribution in [3.8, 4) is 0 Å². The van der Waals surface area contributed by atoms with Gasteiger partial charge in [-0.05, 0) is 21.0 Å². The standard InChI is InChI=1S/C11H19N5OS/c1-7-9-10(16(4)14-7)13-11(18-9)12-5-8(17)6-15(2)3/h8,17H,5-6H2,1-4H3,(H,12,13)/t8-/m1/s1. The fourth-order valence-electron chi connectivity index (χ4n) is 1.85. The van der Waals surface area contributed by atoms with Gasteiger partial charge in [-0.15, -0.1) is 0 Å². The molecule has 2 heterocycles. The van der Waals surface area contributed by atoms with E-state index >= 15 is 0 Å². The topological polar surface area (TPSA) is 66.2 Å². The molecule has 0 amide bonds. The van der Waals surface area contributed by atoms with Crippen LogP contribution in [0.2, 0.25) is 0 Å². The molecule has 2 aromatic heterocycles. The molecule has 0 aliphatic carbocycles. The van der Waals surface area contributed by atoms with E-state index in [0.717, 1.165) is 21.2 Å². The predicted molar refractivity (Wildman–Crippen MR) is 74.2 cm³/mol. The minimum Gasteiger partial charge on any atom is -0.390 e. The summed E-state index contributed by atoms with van der Waals surface area (Å²) in [6, 6.07) is 0. The molecule has 0 spiro atoms. The quantitative estimate of drug-likeness (QED) is 0.835. The van der Waals surface area contributed by atoms with E-state index in [0.29, 0.717) is 13.1 Å². The average molecular weight is 269 g/mol. The number of hydrogen-bond acceptors (Lipinski definition) is 6. The van der Waals surface area contributed by atoms with Crippen LogP contribution in [0.15, 0.2) is 0 Å². The first kappa shape index (κ1) is 13.3. The number of aliphatic hydroxyl groups excluding tert-OH is 1. The lowest BCUT2D eigenvalue weighted by Gasteiger charge is -2.15. The Hall–Kier alpha value is -1.18. The molecule has 0 aliphatic rings. The first-order chi connectivity index (χ1) is 8.47. The van der Waals surface area contributed by atoms with Crippen LogP contribution in [-0.4, -0.2) is 58.1 Å². The van der Waals surface area contributed by atoms with Gasteiger partial charge in [0, 0.05) is 20.1 Å². The van der Waals surface area contributed by atoms with Crippen LogP contribution < -0.4 is 5.32 Å².